The van der Waals surface area contributed by atoms with Crippen LogP contribution in [0.4, 0.5) is 4.79 Å². The van der Waals surface area contributed by atoms with Crippen molar-refractivity contribution in [3.05, 3.63) is 54.1 Å². The van der Waals surface area contributed by atoms with Crippen LogP contribution in [0.1, 0.15) is 30.9 Å². The van der Waals surface area contributed by atoms with Gasteiger partial charge in [-0.2, -0.15) is 0 Å². The zero-order valence-electron chi connectivity index (χ0n) is 17.3. The molecule has 0 bridgehead atoms. The topological polar surface area (TPSA) is 82.8 Å². The summed E-state index contributed by atoms with van der Waals surface area (Å²) in [6.45, 7) is 4.89. The summed E-state index contributed by atoms with van der Waals surface area (Å²) in [6.07, 6.45) is 7.91. The van der Waals surface area contributed by atoms with Crippen LogP contribution in [0, 0.1) is 0 Å². The largest absolute Gasteiger partial charge is 0.337 e. The molecule has 1 N–H and O–H groups in total. The molecule has 30 heavy (non-hydrogen) atoms. The van der Waals surface area contributed by atoms with E-state index in [0.717, 1.165) is 25.8 Å². The van der Waals surface area contributed by atoms with E-state index in [1.807, 2.05) is 39.6 Å². The van der Waals surface area contributed by atoms with Gasteiger partial charge < -0.3 is 14.4 Å². The van der Waals surface area contributed by atoms with E-state index in [2.05, 4.69) is 27.4 Å². The van der Waals surface area contributed by atoms with Crippen LogP contribution in [-0.4, -0.2) is 62.8 Å². The fraction of sp³-hybridized carbons (Fsp3) is 0.455. The average Bonchev–Trinajstić information content (AvgIpc) is 3.39. The summed E-state index contributed by atoms with van der Waals surface area (Å²) < 4.78 is 2.00. The Morgan fingerprint density at radius 1 is 1.27 bits per heavy atom. The molecule has 8 nitrogen and oxygen atoms in total. The predicted molar refractivity (Wildman–Crippen MR) is 114 cm³/mol. The molecule has 2 aromatic rings. The van der Waals surface area contributed by atoms with Crippen molar-refractivity contribution in [1.29, 1.82) is 0 Å². The number of carbonyl (C=O) groups excluding carboxylic acids is 2. The lowest BCUT2D eigenvalue weighted by Crippen LogP contribution is -2.38. The van der Waals surface area contributed by atoms with Crippen LogP contribution in [0.15, 0.2) is 48.0 Å². The standard InChI is InChI=1S/C22H28N6O2/c1-2-19-21(25-22(30)28(19)11-5-10-26-13-9-23-16-26)24-14-20(29)27-12-8-17-6-3-4-7-18(17)15-27/h3-4,6-7,9,13,16,19H,2,5,8,10-12,14-15H2,1H3,(H,24,25,30). The van der Waals surface area contributed by atoms with Gasteiger partial charge in [0.1, 0.15) is 12.4 Å². The van der Waals surface area contributed by atoms with Gasteiger partial charge in [0.15, 0.2) is 0 Å². The zero-order chi connectivity index (χ0) is 20.9. The summed E-state index contributed by atoms with van der Waals surface area (Å²) in [4.78, 5) is 37.4. The van der Waals surface area contributed by atoms with E-state index in [9.17, 15) is 9.59 Å². The van der Waals surface area contributed by atoms with Gasteiger partial charge in [0, 0.05) is 38.6 Å². The van der Waals surface area contributed by atoms with E-state index in [0.29, 0.717) is 25.5 Å². The summed E-state index contributed by atoms with van der Waals surface area (Å²) in [5, 5.41) is 2.87. The number of nitrogens with one attached hydrogen (secondary N) is 1. The molecule has 0 aliphatic carbocycles. The first-order valence-corrected chi connectivity index (χ1v) is 10.6. The van der Waals surface area contributed by atoms with Crippen LogP contribution in [0.25, 0.3) is 0 Å². The molecule has 0 saturated carbocycles. The van der Waals surface area contributed by atoms with E-state index >= 15 is 0 Å². The Morgan fingerprint density at radius 2 is 2.10 bits per heavy atom. The van der Waals surface area contributed by atoms with Crippen molar-refractivity contribution < 1.29 is 9.59 Å². The second-order valence-corrected chi connectivity index (χ2v) is 7.74. The average molecular weight is 409 g/mol. The smallest absolute Gasteiger partial charge is 0.323 e. The number of amidine groups is 1. The molecule has 8 heteroatoms. The fourth-order valence-corrected chi connectivity index (χ4v) is 4.17. The highest BCUT2D eigenvalue weighted by Gasteiger charge is 2.35. The van der Waals surface area contributed by atoms with Crippen molar-refractivity contribution in [3.8, 4) is 0 Å². The summed E-state index contributed by atoms with van der Waals surface area (Å²) in [5.41, 5.74) is 2.52. The molecule has 1 atom stereocenters. The number of rotatable bonds is 7. The highest BCUT2D eigenvalue weighted by atomic mass is 16.2. The maximum Gasteiger partial charge on any atom is 0.323 e. The maximum atomic E-state index is 12.7. The van der Waals surface area contributed by atoms with Crippen molar-refractivity contribution >= 4 is 17.8 Å². The van der Waals surface area contributed by atoms with Crippen molar-refractivity contribution in [3.63, 3.8) is 0 Å². The van der Waals surface area contributed by atoms with Crippen LogP contribution >= 0.6 is 0 Å². The molecule has 1 aromatic carbocycles. The van der Waals surface area contributed by atoms with Gasteiger partial charge >= 0.3 is 6.03 Å². The van der Waals surface area contributed by atoms with Gasteiger partial charge in [0.25, 0.3) is 0 Å². The van der Waals surface area contributed by atoms with E-state index in [4.69, 9.17) is 0 Å². The lowest BCUT2D eigenvalue weighted by molar-refractivity contribution is -0.130. The number of hydrogen-bond acceptors (Lipinski definition) is 4. The number of amides is 3. The lowest BCUT2D eigenvalue weighted by Gasteiger charge is -2.28. The molecule has 2 aliphatic heterocycles. The van der Waals surface area contributed by atoms with Gasteiger partial charge in [-0.05, 0) is 30.4 Å². The zero-order valence-corrected chi connectivity index (χ0v) is 17.3. The highest BCUT2D eigenvalue weighted by molar-refractivity contribution is 6.07. The minimum Gasteiger partial charge on any atom is -0.337 e. The van der Waals surface area contributed by atoms with Crippen LogP contribution in [0.2, 0.25) is 0 Å². The molecular weight excluding hydrogens is 380 g/mol. The maximum absolute atomic E-state index is 12.7. The summed E-state index contributed by atoms with van der Waals surface area (Å²) >= 11 is 0. The normalized spacial score (nSPS) is 19.8. The first kappa shape index (κ1) is 20.1. The van der Waals surface area contributed by atoms with Crippen molar-refractivity contribution in [2.24, 2.45) is 4.99 Å². The molecule has 3 heterocycles. The summed E-state index contributed by atoms with van der Waals surface area (Å²) in [7, 11) is 0. The minimum absolute atomic E-state index is 0.000312. The summed E-state index contributed by atoms with van der Waals surface area (Å²) in [5.74, 6) is 0.607. The first-order valence-electron chi connectivity index (χ1n) is 10.6. The number of nitrogens with zero attached hydrogens (tertiary/aromatic N) is 5. The second-order valence-electron chi connectivity index (χ2n) is 7.74. The predicted octanol–water partition coefficient (Wildman–Crippen LogP) is 2.06. The molecule has 0 spiro atoms. The number of urea groups is 1. The third-order valence-electron chi connectivity index (χ3n) is 5.82. The molecular formula is C22H28N6O2. The van der Waals surface area contributed by atoms with Crippen molar-refractivity contribution in [1.82, 2.24) is 24.7 Å². The molecule has 1 fully saturated rings. The van der Waals surface area contributed by atoms with Crippen LogP contribution in [-0.2, 0) is 24.3 Å². The first-order chi connectivity index (χ1) is 14.7. The van der Waals surface area contributed by atoms with E-state index in [1.165, 1.54) is 11.1 Å². The fourth-order valence-electron chi connectivity index (χ4n) is 4.17. The Hall–Kier alpha value is -3.16. The van der Waals surface area contributed by atoms with Gasteiger partial charge in [-0.25, -0.2) is 9.78 Å². The molecule has 1 saturated heterocycles. The van der Waals surface area contributed by atoms with Crippen molar-refractivity contribution in [2.75, 3.05) is 19.6 Å². The number of aryl methyl sites for hydroxylation is 1. The minimum atomic E-state index is -0.134. The molecule has 1 aromatic heterocycles. The summed E-state index contributed by atoms with van der Waals surface area (Å²) in [6, 6.07) is 8.01. The van der Waals surface area contributed by atoms with Gasteiger partial charge in [-0.15, -0.1) is 0 Å². The monoisotopic (exact) mass is 408 g/mol. The van der Waals surface area contributed by atoms with Crippen LogP contribution < -0.4 is 5.32 Å². The van der Waals surface area contributed by atoms with Crippen LogP contribution in [0.5, 0.6) is 0 Å². The Morgan fingerprint density at radius 3 is 2.87 bits per heavy atom. The molecule has 3 amide bonds. The number of aliphatic imine (C=N–C) groups is 1. The molecule has 4 rings (SSSR count). The van der Waals surface area contributed by atoms with Gasteiger partial charge in [-0.3, -0.25) is 15.1 Å². The number of imidazole rings is 1. The Bertz CT molecular complexity index is 923. The van der Waals surface area contributed by atoms with E-state index in [-0.39, 0.29) is 24.5 Å². The van der Waals surface area contributed by atoms with Crippen LogP contribution in [0.3, 0.4) is 0 Å². The molecule has 158 valence electrons. The Balaban J connectivity index is 1.33. The third-order valence-corrected chi connectivity index (χ3v) is 5.82. The quantitative estimate of drug-likeness (QED) is 0.761. The Kier molecular flexibility index (Phi) is 6.11. The molecule has 2 aliphatic rings. The lowest BCUT2D eigenvalue weighted by atomic mass is 10.00. The second kappa shape index (κ2) is 9.11. The molecule has 0 radical (unpaired) electrons. The Labute approximate surface area is 176 Å². The van der Waals surface area contributed by atoms with Gasteiger partial charge in [0.2, 0.25) is 5.91 Å². The number of aromatic nitrogens is 2. The van der Waals surface area contributed by atoms with Gasteiger partial charge in [0.05, 0.1) is 12.4 Å². The SMILES string of the molecule is CCC1C(=NCC(=O)N2CCc3ccccc3C2)NC(=O)N1CCCn1ccnc1. The van der Waals surface area contributed by atoms with Crippen molar-refractivity contribution in [2.45, 2.75) is 45.3 Å². The number of benzene rings is 1. The third kappa shape index (κ3) is 4.37. The van der Waals surface area contributed by atoms with E-state index < -0.39 is 0 Å². The van der Waals surface area contributed by atoms with Gasteiger partial charge in [-0.1, -0.05) is 31.2 Å². The number of fused-ring (bicyclic) bond motifs is 1. The highest BCUT2D eigenvalue weighted by Crippen LogP contribution is 2.19. The van der Waals surface area contributed by atoms with E-state index in [1.54, 1.807) is 12.5 Å². The molecule has 1 unspecified atom stereocenters. The number of hydrogen-bond donors (Lipinski definition) is 1. The number of carbonyl (C=O) groups is 2.